The quantitative estimate of drug-likeness (QED) is 0.135. The van der Waals surface area contributed by atoms with Gasteiger partial charge in [-0.2, -0.15) is 5.10 Å². The fourth-order valence-electron chi connectivity index (χ4n) is 3.00. The van der Waals surface area contributed by atoms with Gasteiger partial charge in [0, 0.05) is 20.7 Å². The highest BCUT2D eigenvalue weighted by molar-refractivity contribution is 7.21. The summed E-state index contributed by atoms with van der Waals surface area (Å²) in [6, 6.07) is 21.0. The molecule has 6 nitrogen and oxygen atoms in total. The van der Waals surface area contributed by atoms with Gasteiger partial charge in [-0.15, -0.1) is 11.3 Å². The number of nitrogens with zero attached hydrogens (tertiary/aromatic N) is 1. The molecule has 1 heterocycles. The fraction of sp³-hybridized carbons (Fsp3) is 0.0800. The molecule has 0 spiro atoms. The van der Waals surface area contributed by atoms with Crippen LogP contribution in [0.3, 0.4) is 0 Å². The number of halogens is 2. The number of nitrogens with one attached hydrogen (secondary N) is 1. The number of thiophene rings is 1. The Hall–Kier alpha value is -3.39. The molecule has 1 atom stereocenters. The van der Waals surface area contributed by atoms with Crippen LogP contribution in [0, 0.1) is 0 Å². The molecule has 4 aromatic rings. The van der Waals surface area contributed by atoms with Gasteiger partial charge in [0.05, 0.1) is 11.2 Å². The van der Waals surface area contributed by atoms with Crippen LogP contribution in [-0.4, -0.2) is 24.2 Å². The van der Waals surface area contributed by atoms with E-state index in [1.807, 2.05) is 24.3 Å². The SMILES string of the molecule is CC(Oc1ccc(Cl)cc1)C(=O)N/N=C/c1ccccc1OC(=O)c1sc2ccccc2c1Cl. The minimum absolute atomic E-state index is 0.282. The lowest BCUT2D eigenvalue weighted by Crippen LogP contribution is -2.33. The van der Waals surface area contributed by atoms with Gasteiger partial charge in [-0.05, 0) is 49.4 Å². The monoisotopic (exact) mass is 512 g/mol. The van der Waals surface area contributed by atoms with E-state index in [0.29, 0.717) is 26.2 Å². The van der Waals surface area contributed by atoms with Crippen molar-refractivity contribution in [2.75, 3.05) is 0 Å². The Balaban J connectivity index is 1.41. The van der Waals surface area contributed by atoms with Crippen LogP contribution in [0.4, 0.5) is 0 Å². The van der Waals surface area contributed by atoms with Gasteiger partial charge in [-0.3, -0.25) is 4.79 Å². The molecule has 1 unspecified atom stereocenters. The van der Waals surface area contributed by atoms with Crippen molar-refractivity contribution in [2.45, 2.75) is 13.0 Å². The molecule has 0 radical (unpaired) electrons. The Kier molecular flexibility index (Phi) is 7.47. The third kappa shape index (κ3) is 5.56. The van der Waals surface area contributed by atoms with Crippen molar-refractivity contribution in [3.8, 4) is 11.5 Å². The number of fused-ring (bicyclic) bond motifs is 1. The maximum atomic E-state index is 12.8. The summed E-state index contributed by atoms with van der Waals surface area (Å²) in [5.41, 5.74) is 2.92. The molecule has 3 aromatic carbocycles. The number of para-hydroxylation sites is 1. The summed E-state index contributed by atoms with van der Waals surface area (Å²) in [7, 11) is 0. The molecule has 0 aliphatic carbocycles. The summed E-state index contributed by atoms with van der Waals surface area (Å²) in [5, 5.41) is 5.70. The van der Waals surface area contributed by atoms with Crippen molar-refractivity contribution >= 4 is 62.7 Å². The van der Waals surface area contributed by atoms with E-state index in [2.05, 4.69) is 10.5 Å². The Morgan fingerprint density at radius 2 is 1.71 bits per heavy atom. The number of ether oxygens (including phenoxy) is 2. The molecule has 0 aliphatic rings. The predicted octanol–water partition coefficient (Wildman–Crippen LogP) is 6.34. The van der Waals surface area contributed by atoms with Crippen molar-refractivity contribution in [1.82, 2.24) is 5.43 Å². The number of amides is 1. The number of carbonyl (C=O) groups excluding carboxylic acids is 2. The summed E-state index contributed by atoms with van der Waals surface area (Å²) in [6.45, 7) is 1.60. The minimum Gasteiger partial charge on any atom is -0.481 e. The zero-order valence-electron chi connectivity index (χ0n) is 17.8. The van der Waals surface area contributed by atoms with E-state index in [4.69, 9.17) is 32.7 Å². The summed E-state index contributed by atoms with van der Waals surface area (Å²) in [5.74, 6) is -0.225. The lowest BCUT2D eigenvalue weighted by Gasteiger charge is -2.12. The Morgan fingerprint density at radius 1 is 1.00 bits per heavy atom. The highest BCUT2D eigenvalue weighted by Crippen LogP contribution is 2.36. The largest absolute Gasteiger partial charge is 0.481 e. The van der Waals surface area contributed by atoms with Gasteiger partial charge in [0.15, 0.2) is 6.10 Å². The number of hydrogen-bond donors (Lipinski definition) is 1. The molecule has 172 valence electrons. The summed E-state index contributed by atoms with van der Waals surface area (Å²) >= 11 is 13.5. The van der Waals surface area contributed by atoms with Crippen LogP contribution in [0.2, 0.25) is 10.0 Å². The molecule has 0 saturated heterocycles. The molecule has 0 fully saturated rings. The zero-order chi connectivity index (χ0) is 24.1. The van der Waals surface area contributed by atoms with E-state index in [1.165, 1.54) is 17.6 Å². The van der Waals surface area contributed by atoms with Crippen LogP contribution in [-0.2, 0) is 4.79 Å². The first-order chi connectivity index (χ1) is 16.4. The van der Waals surface area contributed by atoms with Gasteiger partial charge in [0.25, 0.3) is 5.91 Å². The number of esters is 1. The average molecular weight is 513 g/mol. The molecular weight excluding hydrogens is 495 g/mol. The lowest BCUT2D eigenvalue weighted by atomic mass is 10.2. The van der Waals surface area contributed by atoms with Crippen molar-refractivity contribution in [3.63, 3.8) is 0 Å². The average Bonchev–Trinajstić information content (AvgIpc) is 3.18. The van der Waals surface area contributed by atoms with Crippen LogP contribution >= 0.6 is 34.5 Å². The second-order valence-electron chi connectivity index (χ2n) is 7.12. The van der Waals surface area contributed by atoms with Crippen LogP contribution in [0.1, 0.15) is 22.2 Å². The van der Waals surface area contributed by atoms with Gasteiger partial charge in [-0.1, -0.05) is 53.5 Å². The fourth-order valence-corrected chi connectivity index (χ4v) is 4.51. The molecule has 0 bridgehead atoms. The standard InChI is InChI=1S/C25H18Cl2N2O4S/c1-15(32-18-12-10-17(26)11-13-18)24(30)29-28-14-16-6-2-4-8-20(16)33-25(31)23-22(27)19-7-3-5-9-21(19)34-23/h2-15H,1H3,(H,29,30)/b28-14+. The van der Waals surface area contributed by atoms with Crippen LogP contribution in [0.25, 0.3) is 10.1 Å². The summed E-state index contributed by atoms with van der Waals surface area (Å²) in [6.07, 6.45) is 0.601. The highest BCUT2D eigenvalue weighted by atomic mass is 35.5. The molecule has 1 amide bonds. The van der Waals surface area contributed by atoms with Crippen LogP contribution in [0.5, 0.6) is 11.5 Å². The molecular formula is C25H18Cl2N2O4S. The maximum Gasteiger partial charge on any atom is 0.355 e. The lowest BCUT2D eigenvalue weighted by molar-refractivity contribution is -0.127. The number of benzene rings is 3. The van der Waals surface area contributed by atoms with Crippen molar-refractivity contribution in [1.29, 1.82) is 0 Å². The van der Waals surface area contributed by atoms with Crippen molar-refractivity contribution < 1.29 is 19.1 Å². The molecule has 34 heavy (non-hydrogen) atoms. The van der Waals surface area contributed by atoms with E-state index >= 15 is 0 Å². The van der Waals surface area contributed by atoms with E-state index in [9.17, 15) is 9.59 Å². The molecule has 0 aliphatic heterocycles. The van der Waals surface area contributed by atoms with E-state index < -0.39 is 18.0 Å². The van der Waals surface area contributed by atoms with Gasteiger partial charge >= 0.3 is 5.97 Å². The van der Waals surface area contributed by atoms with Gasteiger partial charge in [-0.25, -0.2) is 10.2 Å². The summed E-state index contributed by atoms with van der Waals surface area (Å²) < 4.78 is 12.0. The second-order valence-corrected chi connectivity index (χ2v) is 8.98. The number of hydrazone groups is 1. The first kappa shape index (κ1) is 23.8. The topological polar surface area (TPSA) is 77.0 Å². The molecule has 4 rings (SSSR count). The van der Waals surface area contributed by atoms with Gasteiger partial charge < -0.3 is 9.47 Å². The Morgan fingerprint density at radius 3 is 2.47 bits per heavy atom. The zero-order valence-corrected chi connectivity index (χ0v) is 20.2. The smallest absolute Gasteiger partial charge is 0.355 e. The highest BCUT2D eigenvalue weighted by Gasteiger charge is 2.20. The third-order valence-corrected chi connectivity index (χ3v) is 6.62. The number of carbonyl (C=O) groups is 2. The second kappa shape index (κ2) is 10.7. The minimum atomic E-state index is -0.790. The van der Waals surface area contributed by atoms with Gasteiger partial charge in [0.1, 0.15) is 16.4 Å². The predicted molar refractivity (Wildman–Crippen MR) is 136 cm³/mol. The van der Waals surface area contributed by atoms with E-state index in [0.717, 1.165) is 10.1 Å². The number of hydrogen-bond acceptors (Lipinski definition) is 6. The third-order valence-electron chi connectivity index (χ3n) is 4.72. The van der Waals surface area contributed by atoms with Crippen LogP contribution < -0.4 is 14.9 Å². The van der Waals surface area contributed by atoms with E-state index in [-0.39, 0.29) is 5.75 Å². The van der Waals surface area contributed by atoms with Gasteiger partial charge in [0.2, 0.25) is 0 Å². The van der Waals surface area contributed by atoms with Crippen molar-refractivity contribution in [2.24, 2.45) is 5.10 Å². The molecule has 9 heteroatoms. The molecule has 0 saturated carbocycles. The normalized spacial score (nSPS) is 12.0. The van der Waals surface area contributed by atoms with E-state index in [1.54, 1.807) is 55.5 Å². The first-order valence-electron chi connectivity index (χ1n) is 10.2. The Labute approximate surface area is 209 Å². The number of rotatable bonds is 7. The molecule has 1 aromatic heterocycles. The van der Waals surface area contributed by atoms with Crippen LogP contribution in [0.15, 0.2) is 77.9 Å². The maximum absolute atomic E-state index is 12.8. The molecule has 1 N–H and O–H groups in total. The van der Waals surface area contributed by atoms with Crippen molar-refractivity contribution in [3.05, 3.63) is 93.3 Å². The first-order valence-corrected chi connectivity index (χ1v) is 11.7. The summed E-state index contributed by atoms with van der Waals surface area (Å²) in [4.78, 5) is 25.4. The Bertz CT molecular complexity index is 1370.